The standard InChI is InChI=1S/C29H32ClF2N3O4S2/c30-26-12-11-25(40-26)29(31,32)27(28(36)35-20-7-8-21(35)16-19(33)15-20)34-41(37,38)24-10-6-17-13-23(9-5-18(17)14-24)39-22-3-1-2-4-22/h5-6,9-14,19-22,27,34H,1-4,7-8,15-16,33H2/t19?,20?,21?,27-/m1/s1. The van der Waals surface area contributed by atoms with Crippen LogP contribution in [0.15, 0.2) is 53.4 Å². The van der Waals surface area contributed by atoms with Crippen LogP contribution in [0.2, 0.25) is 4.34 Å². The summed E-state index contributed by atoms with van der Waals surface area (Å²) in [5, 5.41) is 1.36. The SMILES string of the molecule is NC1CC2CCC(C1)N2C(=O)[C@@H](NS(=O)(=O)c1ccc2cc(OC3CCCC3)ccc2c1)C(F)(F)c1ccc(Cl)s1. The van der Waals surface area contributed by atoms with E-state index in [0.29, 0.717) is 48.2 Å². The van der Waals surface area contributed by atoms with Gasteiger partial charge >= 0.3 is 5.92 Å². The fourth-order valence-electron chi connectivity index (χ4n) is 6.51. The first-order valence-corrected chi connectivity index (χ1v) is 16.6. The Morgan fingerprint density at radius 3 is 2.34 bits per heavy atom. The molecule has 2 unspecified atom stereocenters. The Kier molecular flexibility index (Phi) is 7.78. The number of rotatable bonds is 8. The number of hydrogen-bond acceptors (Lipinski definition) is 6. The predicted molar refractivity (Wildman–Crippen MR) is 155 cm³/mol. The van der Waals surface area contributed by atoms with Crippen molar-refractivity contribution in [3.8, 4) is 5.75 Å². The highest BCUT2D eigenvalue weighted by Crippen LogP contribution is 2.42. The summed E-state index contributed by atoms with van der Waals surface area (Å²) >= 11 is 6.56. The van der Waals surface area contributed by atoms with Crippen molar-refractivity contribution < 1.29 is 26.7 Å². The molecule has 0 radical (unpaired) electrons. The number of nitrogens with zero attached hydrogens (tertiary/aromatic N) is 1. The second kappa shape index (κ2) is 11.1. The summed E-state index contributed by atoms with van der Waals surface area (Å²) in [6, 6.07) is 9.13. The predicted octanol–water partition coefficient (Wildman–Crippen LogP) is 5.80. The summed E-state index contributed by atoms with van der Waals surface area (Å²) < 4.78 is 67.6. The summed E-state index contributed by atoms with van der Waals surface area (Å²) in [5.41, 5.74) is 6.13. The van der Waals surface area contributed by atoms with Crippen molar-refractivity contribution in [3.63, 3.8) is 0 Å². The Hall–Kier alpha value is -2.31. The number of amides is 1. The quantitative estimate of drug-likeness (QED) is 0.330. The zero-order valence-corrected chi connectivity index (χ0v) is 24.7. The molecule has 2 saturated heterocycles. The van der Waals surface area contributed by atoms with Crippen LogP contribution in [0.3, 0.4) is 0 Å². The second-order valence-corrected chi connectivity index (χ2v) is 14.8. The number of benzene rings is 2. The molecule has 1 amide bonds. The molecule has 3 fully saturated rings. The minimum atomic E-state index is -4.53. The fourth-order valence-corrected chi connectivity index (χ4v) is 8.78. The molecule has 2 bridgehead atoms. The van der Waals surface area contributed by atoms with Crippen LogP contribution in [0.4, 0.5) is 8.78 Å². The molecule has 3 aliphatic rings. The third kappa shape index (κ3) is 5.71. The highest BCUT2D eigenvalue weighted by molar-refractivity contribution is 7.89. The maximum absolute atomic E-state index is 16.0. The Bertz CT molecular complexity index is 1550. The third-order valence-corrected chi connectivity index (χ3v) is 11.2. The molecule has 3 N–H and O–H groups in total. The van der Waals surface area contributed by atoms with Crippen LogP contribution in [-0.4, -0.2) is 49.5 Å². The molecule has 2 aromatic carbocycles. The lowest BCUT2D eigenvalue weighted by molar-refractivity contribution is -0.148. The Balaban J connectivity index is 1.30. The second-order valence-electron chi connectivity index (χ2n) is 11.3. The number of ether oxygens (including phenoxy) is 1. The maximum Gasteiger partial charge on any atom is 0.307 e. The zero-order chi connectivity index (χ0) is 28.9. The fraction of sp³-hybridized carbons (Fsp3) is 0.483. The molecule has 1 saturated carbocycles. The summed E-state index contributed by atoms with van der Waals surface area (Å²) in [5.74, 6) is -4.09. The first-order valence-electron chi connectivity index (χ1n) is 14.0. The van der Waals surface area contributed by atoms with E-state index >= 15 is 8.78 Å². The normalized spacial score (nSPS) is 24.2. The molecular formula is C29H32ClF2N3O4S2. The van der Waals surface area contributed by atoms with Crippen molar-refractivity contribution in [3.05, 3.63) is 57.7 Å². The molecule has 6 rings (SSSR count). The number of carbonyl (C=O) groups is 1. The molecule has 1 aromatic heterocycles. The van der Waals surface area contributed by atoms with E-state index in [4.69, 9.17) is 22.1 Å². The van der Waals surface area contributed by atoms with Gasteiger partial charge in [0.1, 0.15) is 5.75 Å². The van der Waals surface area contributed by atoms with Crippen LogP contribution in [0, 0.1) is 0 Å². The van der Waals surface area contributed by atoms with E-state index in [1.165, 1.54) is 23.1 Å². The largest absolute Gasteiger partial charge is 0.490 e. The lowest BCUT2D eigenvalue weighted by atomic mass is 9.96. The highest BCUT2D eigenvalue weighted by atomic mass is 35.5. The highest BCUT2D eigenvalue weighted by Gasteiger charge is 2.54. The lowest BCUT2D eigenvalue weighted by Crippen LogP contribution is -2.60. The molecule has 3 heterocycles. The number of nitrogens with one attached hydrogen (secondary N) is 1. The van der Waals surface area contributed by atoms with Crippen molar-refractivity contribution in [2.45, 2.75) is 92.5 Å². The third-order valence-electron chi connectivity index (χ3n) is 8.51. The first kappa shape index (κ1) is 28.8. The molecule has 1 aliphatic carbocycles. The monoisotopic (exact) mass is 623 g/mol. The van der Waals surface area contributed by atoms with Gasteiger partial charge in [0.2, 0.25) is 15.9 Å². The van der Waals surface area contributed by atoms with Crippen LogP contribution in [0.1, 0.15) is 56.2 Å². The van der Waals surface area contributed by atoms with Gasteiger partial charge in [-0.05, 0) is 98.5 Å². The van der Waals surface area contributed by atoms with Crippen molar-refractivity contribution in [1.29, 1.82) is 0 Å². The van der Waals surface area contributed by atoms with Crippen LogP contribution in [0.25, 0.3) is 10.8 Å². The van der Waals surface area contributed by atoms with Gasteiger partial charge in [0.05, 0.1) is 20.2 Å². The number of carbonyl (C=O) groups excluding carboxylic acids is 1. The van der Waals surface area contributed by atoms with E-state index in [0.717, 1.165) is 37.1 Å². The van der Waals surface area contributed by atoms with Crippen LogP contribution < -0.4 is 15.2 Å². The number of hydrogen-bond donors (Lipinski definition) is 2. The van der Waals surface area contributed by atoms with E-state index in [9.17, 15) is 13.2 Å². The number of halogens is 3. The average molecular weight is 624 g/mol. The Morgan fingerprint density at radius 1 is 1.02 bits per heavy atom. The van der Waals surface area contributed by atoms with Crippen molar-refractivity contribution in [2.75, 3.05) is 0 Å². The number of alkyl halides is 2. The number of nitrogens with two attached hydrogens (primary N) is 1. The number of piperidine rings is 1. The van der Waals surface area contributed by atoms with Gasteiger partial charge < -0.3 is 15.4 Å². The van der Waals surface area contributed by atoms with E-state index < -0.39 is 32.8 Å². The number of fused-ring (bicyclic) bond motifs is 3. The van der Waals surface area contributed by atoms with Crippen LogP contribution >= 0.6 is 22.9 Å². The molecule has 3 atom stereocenters. The topological polar surface area (TPSA) is 102 Å². The molecule has 7 nitrogen and oxygen atoms in total. The van der Waals surface area contributed by atoms with E-state index in [1.54, 1.807) is 18.2 Å². The minimum absolute atomic E-state index is 0.114. The molecule has 41 heavy (non-hydrogen) atoms. The van der Waals surface area contributed by atoms with E-state index in [2.05, 4.69) is 4.72 Å². The van der Waals surface area contributed by atoms with Gasteiger partial charge in [0.25, 0.3) is 0 Å². The molecule has 12 heteroatoms. The molecule has 2 aliphatic heterocycles. The summed E-state index contributed by atoms with van der Waals surface area (Å²) in [4.78, 5) is 14.6. The van der Waals surface area contributed by atoms with Crippen molar-refractivity contribution >= 4 is 49.6 Å². The zero-order valence-electron chi connectivity index (χ0n) is 22.3. The van der Waals surface area contributed by atoms with E-state index in [-0.39, 0.29) is 33.5 Å². The van der Waals surface area contributed by atoms with Crippen molar-refractivity contribution in [2.24, 2.45) is 5.73 Å². The maximum atomic E-state index is 16.0. The summed E-state index contributed by atoms with van der Waals surface area (Å²) in [6.07, 6.45) is 6.77. The van der Waals surface area contributed by atoms with Gasteiger partial charge in [0.15, 0.2) is 6.04 Å². The summed E-state index contributed by atoms with van der Waals surface area (Å²) in [6.45, 7) is 0. The molecule has 0 spiro atoms. The van der Waals surface area contributed by atoms with Gasteiger partial charge in [-0.15, -0.1) is 11.3 Å². The number of thiophene rings is 1. The van der Waals surface area contributed by atoms with E-state index in [1.807, 2.05) is 6.07 Å². The van der Waals surface area contributed by atoms with Crippen LogP contribution in [-0.2, 0) is 20.7 Å². The van der Waals surface area contributed by atoms with Gasteiger partial charge in [-0.3, -0.25) is 4.79 Å². The van der Waals surface area contributed by atoms with Gasteiger partial charge in [-0.2, -0.15) is 13.5 Å². The smallest absolute Gasteiger partial charge is 0.307 e. The van der Waals surface area contributed by atoms with Gasteiger partial charge in [0, 0.05) is 18.1 Å². The van der Waals surface area contributed by atoms with Gasteiger partial charge in [-0.25, -0.2) is 8.42 Å². The average Bonchev–Trinajstić information content (AvgIpc) is 3.67. The molecule has 220 valence electrons. The first-order chi connectivity index (χ1) is 19.5. The Morgan fingerprint density at radius 2 is 1.68 bits per heavy atom. The molecule has 3 aromatic rings. The van der Waals surface area contributed by atoms with Gasteiger partial charge in [-0.1, -0.05) is 23.7 Å². The molecular weight excluding hydrogens is 592 g/mol. The Labute approximate surface area is 247 Å². The summed E-state index contributed by atoms with van der Waals surface area (Å²) in [7, 11) is -4.53. The van der Waals surface area contributed by atoms with Crippen LogP contribution in [0.5, 0.6) is 5.75 Å². The number of sulfonamides is 1. The van der Waals surface area contributed by atoms with Crippen molar-refractivity contribution in [1.82, 2.24) is 9.62 Å². The lowest BCUT2D eigenvalue weighted by Gasteiger charge is -2.40. The minimum Gasteiger partial charge on any atom is -0.490 e.